The largest absolute Gasteiger partial charge is 0.392 e. The number of halogens is 2. The summed E-state index contributed by atoms with van der Waals surface area (Å²) in [4.78, 5) is 26.9. The number of urea groups is 1. The molecule has 2 unspecified atom stereocenters. The number of carbonyl (C=O) groups excluding carboxylic acids is 2. The fraction of sp³-hybridized carbons (Fsp3) is 0.385. The van der Waals surface area contributed by atoms with Gasteiger partial charge in [-0.1, -0.05) is 23.2 Å². The number of benzene rings is 1. The van der Waals surface area contributed by atoms with Gasteiger partial charge in [0.15, 0.2) is 6.17 Å². The van der Waals surface area contributed by atoms with E-state index in [1.165, 1.54) is 24.1 Å². The lowest BCUT2D eigenvalue weighted by Gasteiger charge is -2.18. The molecule has 0 bridgehead atoms. The molecule has 8 heteroatoms. The van der Waals surface area contributed by atoms with Crippen molar-refractivity contribution in [2.75, 3.05) is 18.5 Å². The Hall–Kier alpha value is -1.34. The van der Waals surface area contributed by atoms with E-state index in [4.69, 9.17) is 23.2 Å². The van der Waals surface area contributed by atoms with Crippen molar-refractivity contribution in [3.05, 3.63) is 28.2 Å². The minimum absolute atomic E-state index is 0.198. The minimum atomic E-state index is -0.818. The fourth-order valence-corrected chi connectivity index (χ4v) is 2.31. The van der Waals surface area contributed by atoms with E-state index < -0.39 is 24.2 Å². The third kappa shape index (κ3) is 3.13. The number of rotatable bonds is 4. The van der Waals surface area contributed by atoms with E-state index in [1.807, 2.05) is 0 Å². The molecule has 2 N–H and O–H groups in total. The van der Waals surface area contributed by atoms with Crippen LogP contribution in [0.5, 0.6) is 0 Å². The molecule has 6 nitrogen and oxygen atoms in total. The quantitative estimate of drug-likeness (QED) is 0.823. The molecule has 0 radical (unpaired) electrons. The SMILES string of the molecule is CC(O)CNC1C(=O)N(c2ccc(Cl)c(Cl)c2)C(=O)N1C. The zero-order valence-electron chi connectivity index (χ0n) is 11.5. The zero-order valence-corrected chi connectivity index (χ0v) is 13.0. The van der Waals surface area contributed by atoms with Crippen molar-refractivity contribution in [2.24, 2.45) is 0 Å². The van der Waals surface area contributed by atoms with Crippen molar-refractivity contribution in [2.45, 2.75) is 19.2 Å². The Balaban J connectivity index is 2.26. The van der Waals surface area contributed by atoms with E-state index in [-0.39, 0.29) is 11.6 Å². The Bertz CT molecular complexity index is 580. The van der Waals surface area contributed by atoms with Crippen LogP contribution in [0.4, 0.5) is 10.5 Å². The van der Waals surface area contributed by atoms with Gasteiger partial charge in [-0.25, -0.2) is 9.69 Å². The Morgan fingerprint density at radius 2 is 2.00 bits per heavy atom. The summed E-state index contributed by atoms with van der Waals surface area (Å²) >= 11 is 11.8. The Labute approximate surface area is 132 Å². The number of likely N-dealkylation sites (N-methyl/N-ethyl adjacent to an activating group) is 1. The minimum Gasteiger partial charge on any atom is -0.392 e. The second-order valence-corrected chi connectivity index (χ2v) is 5.64. The maximum atomic E-state index is 12.4. The fourth-order valence-electron chi connectivity index (χ4n) is 2.02. The number of carbonyl (C=O) groups is 2. The molecule has 0 aliphatic carbocycles. The number of imide groups is 1. The highest BCUT2D eigenvalue weighted by Gasteiger charge is 2.43. The highest BCUT2D eigenvalue weighted by molar-refractivity contribution is 6.42. The Morgan fingerprint density at radius 1 is 1.33 bits per heavy atom. The van der Waals surface area contributed by atoms with E-state index in [1.54, 1.807) is 13.0 Å². The molecule has 1 aliphatic rings. The first kappa shape index (κ1) is 16.0. The number of aliphatic hydroxyl groups excluding tert-OH is 1. The van der Waals surface area contributed by atoms with Gasteiger partial charge >= 0.3 is 6.03 Å². The zero-order chi connectivity index (χ0) is 15.7. The Morgan fingerprint density at radius 3 is 2.57 bits per heavy atom. The third-order valence-electron chi connectivity index (χ3n) is 3.10. The van der Waals surface area contributed by atoms with E-state index >= 15 is 0 Å². The number of nitrogens with zero attached hydrogens (tertiary/aromatic N) is 2. The summed E-state index contributed by atoms with van der Waals surface area (Å²) in [6.45, 7) is 1.79. The van der Waals surface area contributed by atoms with E-state index in [0.717, 1.165) is 4.90 Å². The highest BCUT2D eigenvalue weighted by Crippen LogP contribution is 2.30. The van der Waals surface area contributed by atoms with Crippen LogP contribution in [0.15, 0.2) is 18.2 Å². The molecule has 2 rings (SSSR count). The van der Waals surface area contributed by atoms with Gasteiger partial charge < -0.3 is 10.0 Å². The van der Waals surface area contributed by atoms with Crippen molar-refractivity contribution in [3.8, 4) is 0 Å². The van der Waals surface area contributed by atoms with Crippen LogP contribution in [0.1, 0.15) is 6.92 Å². The maximum Gasteiger partial charge on any atom is 0.332 e. The molecule has 1 saturated heterocycles. The Kier molecular flexibility index (Phi) is 4.73. The normalized spacial score (nSPS) is 20.3. The van der Waals surface area contributed by atoms with Crippen LogP contribution in [0.2, 0.25) is 10.0 Å². The lowest BCUT2D eigenvalue weighted by molar-refractivity contribution is -0.120. The van der Waals surface area contributed by atoms with Crippen molar-refractivity contribution >= 4 is 40.8 Å². The summed E-state index contributed by atoms with van der Waals surface area (Å²) in [5.41, 5.74) is 0.354. The van der Waals surface area contributed by atoms with Crippen LogP contribution in [-0.2, 0) is 4.79 Å². The van der Waals surface area contributed by atoms with E-state index in [0.29, 0.717) is 10.7 Å². The predicted molar refractivity (Wildman–Crippen MR) is 80.6 cm³/mol. The summed E-state index contributed by atoms with van der Waals surface area (Å²) in [6, 6.07) is 4.07. The smallest absolute Gasteiger partial charge is 0.332 e. The highest BCUT2D eigenvalue weighted by atomic mass is 35.5. The van der Waals surface area contributed by atoms with Crippen molar-refractivity contribution < 1.29 is 14.7 Å². The van der Waals surface area contributed by atoms with Gasteiger partial charge in [0.25, 0.3) is 5.91 Å². The maximum absolute atomic E-state index is 12.4. The van der Waals surface area contributed by atoms with Gasteiger partial charge in [0.1, 0.15) is 0 Å². The standard InChI is InChI=1S/C13H15Cl2N3O3/c1-7(19)6-16-11-12(20)18(13(21)17(11)2)8-3-4-9(14)10(15)5-8/h3-5,7,11,16,19H,6H2,1-2H3. The molecule has 0 aromatic heterocycles. The number of anilines is 1. The summed E-state index contributed by atoms with van der Waals surface area (Å²) in [5.74, 6) is -0.429. The van der Waals surface area contributed by atoms with Crippen LogP contribution in [0, 0.1) is 0 Å². The van der Waals surface area contributed by atoms with Crippen LogP contribution in [0.25, 0.3) is 0 Å². The van der Waals surface area contributed by atoms with Crippen LogP contribution >= 0.6 is 23.2 Å². The summed E-state index contributed by atoms with van der Waals surface area (Å²) in [7, 11) is 1.51. The number of nitrogens with one attached hydrogen (secondary N) is 1. The molecule has 21 heavy (non-hydrogen) atoms. The lowest BCUT2D eigenvalue weighted by Crippen LogP contribution is -2.46. The first-order chi connectivity index (χ1) is 9.82. The van der Waals surface area contributed by atoms with Crippen molar-refractivity contribution in [1.29, 1.82) is 0 Å². The molecule has 2 atom stereocenters. The molecule has 1 fully saturated rings. The second-order valence-electron chi connectivity index (χ2n) is 4.83. The van der Waals surface area contributed by atoms with Gasteiger partial charge in [0.05, 0.1) is 21.8 Å². The summed E-state index contributed by atoms with van der Waals surface area (Å²) in [6.07, 6.45) is -1.44. The summed E-state index contributed by atoms with van der Waals surface area (Å²) in [5, 5.41) is 12.7. The third-order valence-corrected chi connectivity index (χ3v) is 3.84. The van der Waals surface area contributed by atoms with Crippen LogP contribution in [0.3, 0.4) is 0 Å². The average molecular weight is 332 g/mol. The predicted octanol–water partition coefficient (Wildman–Crippen LogP) is 1.69. The molecular weight excluding hydrogens is 317 g/mol. The number of aliphatic hydroxyl groups is 1. The van der Waals surface area contributed by atoms with E-state index in [2.05, 4.69) is 5.32 Å². The molecular formula is C13H15Cl2N3O3. The molecule has 114 valence electrons. The summed E-state index contributed by atoms with van der Waals surface area (Å²) < 4.78 is 0. The molecule has 1 aromatic carbocycles. The van der Waals surface area contributed by atoms with Crippen molar-refractivity contribution in [1.82, 2.24) is 10.2 Å². The van der Waals surface area contributed by atoms with Crippen molar-refractivity contribution in [3.63, 3.8) is 0 Å². The molecule has 0 spiro atoms. The first-order valence-electron chi connectivity index (χ1n) is 6.30. The first-order valence-corrected chi connectivity index (χ1v) is 7.05. The van der Waals surface area contributed by atoms with Crippen LogP contribution in [-0.4, -0.2) is 47.8 Å². The molecule has 1 aliphatic heterocycles. The monoisotopic (exact) mass is 331 g/mol. The van der Waals surface area contributed by atoms with Gasteiger partial charge in [0, 0.05) is 13.6 Å². The number of hydrogen-bond acceptors (Lipinski definition) is 4. The number of hydrogen-bond donors (Lipinski definition) is 2. The van der Waals surface area contributed by atoms with Gasteiger partial charge in [-0.15, -0.1) is 0 Å². The molecule has 0 saturated carbocycles. The molecule has 1 heterocycles. The van der Waals surface area contributed by atoms with Gasteiger partial charge in [-0.05, 0) is 25.1 Å². The number of amides is 3. The lowest BCUT2D eigenvalue weighted by atomic mass is 10.3. The second kappa shape index (κ2) is 6.19. The molecule has 3 amide bonds. The van der Waals surface area contributed by atoms with Gasteiger partial charge in [0.2, 0.25) is 0 Å². The van der Waals surface area contributed by atoms with Gasteiger partial charge in [-0.2, -0.15) is 0 Å². The topological polar surface area (TPSA) is 72.9 Å². The average Bonchev–Trinajstić information content (AvgIpc) is 2.62. The van der Waals surface area contributed by atoms with Crippen LogP contribution < -0.4 is 10.2 Å². The molecule has 1 aromatic rings. The van der Waals surface area contributed by atoms with E-state index in [9.17, 15) is 14.7 Å². The van der Waals surface area contributed by atoms with Gasteiger partial charge in [-0.3, -0.25) is 10.1 Å².